The zero-order valence-electron chi connectivity index (χ0n) is 13.0. The van der Waals surface area contributed by atoms with E-state index in [0.717, 1.165) is 17.0 Å². The lowest BCUT2D eigenvalue weighted by Gasteiger charge is -2.11. The van der Waals surface area contributed by atoms with Crippen LogP contribution in [0.5, 0.6) is 0 Å². The summed E-state index contributed by atoms with van der Waals surface area (Å²) in [7, 11) is 0. The van der Waals surface area contributed by atoms with Gasteiger partial charge in [0.25, 0.3) is 5.91 Å². The summed E-state index contributed by atoms with van der Waals surface area (Å²) in [5, 5.41) is 3.26. The Morgan fingerprint density at radius 2 is 1.88 bits per heavy atom. The molecule has 0 radical (unpaired) electrons. The first-order chi connectivity index (χ1) is 11.7. The molecule has 0 bridgehead atoms. The Morgan fingerprint density at radius 3 is 2.58 bits per heavy atom. The standard InChI is InChI=1S/C18H17N5O/c19-18(24)16-12-22-14(8-15-11-20-6-7-21-15)9-17(16)23-10-13-4-2-1-3-5-13/h1-7,9,11-12H,8,10H2,(H2,19,24)(H,22,23). The van der Waals surface area contributed by atoms with Gasteiger partial charge in [-0.25, -0.2) is 0 Å². The van der Waals surface area contributed by atoms with E-state index in [9.17, 15) is 4.79 Å². The molecule has 0 aliphatic carbocycles. The van der Waals surface area contributed by atoms with Crippen molar-refractivity contribution in [3.8, 4) is 0 Å². The molecule has 0 atom stereocenters. The smallest absolute Gasteiger partial charge is 0.252 e. The summed E-state index contributed by atoms with van der Waals surface area (Å²) < 4.78 is 0. The van der Waals surface area contributed by atoms with E-state index in [1.54, 1.807) is 18.6 Å². The van der Waals surface area contributed by atoms with Gasteiger partial charge in [-0.05, 0) is 11.6 Å². The van der Waals surface area contributed by atoms with Crippen LogP contribution in [0.15, 0.2) is 61.2 Å². The largest absolute Gasteiger partial charge is 0.380 e. The van der Waals surface area contributed by atoms with Crippen LogP contribution >= 0.6 is 0 Å². The van der Waals surface area contributed by atoms with Crippen LogP contribution in [0.1, 0.15) is 27.3 Å². The number of nitrogens with two attached hydrogens (primary N) is 1. The number of nitrogens with zero attached hydrogens (tertiary/aromatic N) is 3. The van der Waals surface area contributed by atoms with Crippen LogP contribution < -0.4 is 11.1 Å². The molecule has 0 unspecified atom stereocenters. The molecule has 120 valence electrons. The molecule has 24 heavy (non-hydrogen) atoms. The van der Waals surface area contributed by atoms with Gasteiger partial charge < -0.3 is 11.1 Å². The summed E-state index contributed by atoms with van der Waals surface area (Å²) in [5.74, 6) is -0.510. The van der Waals surface area contributed by atoms with Crippen LogP contribution in [0.25, 0.3) is 0 Å². The molecular formula is C18H17N5O. The van der Waals surface area contributed by atoms with Gasteiger partial charge in [0.2, 0.25) is 0 Å². The van der Waals surface area contributed by atoms with Crippen molar-refractivity contribution in [1.82, 2.24) is 15.0 Å². The molecule has 0 aliphatic heterocycles. The monoisotopic (exact) mass is 319 g/mol. The quantitative estimate of drug-likeness (QED) is 0.726. The second-order valence-corrected chi connectivity index (χ2v) is 5.30. The topological polar surface area (TPSA) is 93.8 Å². The van der Waals surface area contributed by atoms with Crippen LogP contribution in [0.3, 0.4) is 0 Å². The first-order valence-corrected chi connectivity index (χ1v) is 7.54. The molecule has 0 saturated heterocycles. The molecule has 0 aliphatic rings. The number of benzene rings is 1. The molecule has 3 N–H and O–H groups in total. The first-order valence-electron chi connectivity index (χ1n) is 7.54. The van der Waals surface area contributed by atoms with Gasteiger partial charge in [0, 0.05) is 43.4 Å². The maximum Gasteiger partial charge on any atom is 0.252 e. The van der Waals surface area contributed by atoms with E-state index in [1.165, 1.54) is 6.20 Å². The molecule has 3 rings (SSSR count). The van der Waals surface area contributed by atoms with Crippen molar-refractivity contribution in [3.05, 3.63) is 83.7 Å². The van der Waals surface area contributed by atoms with Gasteiger partial charge in [-0.15, -0.1) is 0 Å². The van der Waals surface area contributed by atoms with Gasteiger partial charge >= 0.3 is 0 Å². The van der Waals surface area contributed by atoms with Crippen molar-refractivity contribution in [2.24, 2.45) is 5.73 Å². The van der Waals surface area contributed by atoms with Gasteiger partial charge in [-0.3, -0.25) is 19.7 Å². The van der Waals surface area contributed by atoms with Gasteiger partial charge in [-0.2, -0.15) is 0 Å². The number of hydrogen-bond acceptors (Lipinski definition) is 5. The van der Waals surface area contributed by atoms with Crippen molar-refractivity contribution in [1.29, 1.82) is 0 Å². The number of aromatic nitrogens is 3. The zero-order chi connectivity index (χ0) is 16.8. The third-order valence-electron chi connectivity index (χ3n) is 3.53. The molecule has 6 nitrogen and oxygen atoms in total. The molecule has 2 aromatic heterocycles. The van der Waals surface area contributed by atoms with Crippen molar-refractivity contribution in [3.63, 3.8) is 0 Å². The van der Waals surface area contributed by atoms with E-state index in [4.69, 9.17) is 5.73 Å². The van der Waals surface area contributed by atoms with Crippen molar-refractivity contribution >= 4 is 11.6 Å². The second-order valence-electron chi connectivity index (χ2n) is 5.30. The number of rotatable bonds is 6. The highest BCUT2D eigenvalue weighted by Crippen LogP contribution is 2.18. The van der Waals surface area contributed by atoms with Gasteiger partial charge in [0.05, 0.1) is 16.9 Å². The third kappa shape index (κ3) is 3.92. The number of hydrogen-bond donors (Lipinski definition) is 2. The van der Waals surface area contributed by atoms with E-state index in [1.807, 2.05) is 36.4 Å². The number of pyridine rings is 1. The molecule has 0 spiro atoms. The number of carbonyl (C=O) groups excluding carboxylic acids is 1. The molecule has 0 fully saturated rings. The predicted molar refractivity (Wildman–Crippen MR) is 91.4 cm³/mol. The lowest BCUT2D eigenvalue weighted by Crippen LogP contribution is -2.15. The van der Waals surface area contributed by atoms with Crippen molar-refractivity contribution in [2.75, 3.05) is 5.32 Å². The van der Waals surface area contributed by atoms with Crippen molar-refractivity contribution in [2.45, 2.75) is 13.0 Å². The average Bonchev–Trinajstić information content (AvgIpc) is 2.61. The number of amides is 1. The number of anilines is 1. The number of carbonyl (C=O) groups is 1. The Bertz CT molecular complexity index is 821. The van der Waals surface area contributed by atoms with Crippen LogP contribution in [0, 0.1) is 0 Å². The van der Waals surface area contributed by atoms with Crippen LogP contribution in [-0.4, -0.2) is 20.9 Å². The van der Waals surface area contributed by atoms with E-state index < -0.39 is 5.91 Å². The van der Waals surface area contributed by atoms with E-state index >= 15 is 0 Å². The fraction of sp³-hybridized carbons (Fsp3) is 0.111. The van der Waals surface area contributed by atoms with Gasteiger partial charge in [0.15, 0.2) is 0 Å². The number of primary amides is 1. The highest BCUT2D eigenvalue weighted by molar-refractivity contribution is 5.98. The summed E-state index contributed by atoms with van der Waals surface area (Å²) in [6.07, 6.45) is 7.00. The van der Waals surface area contributed by atoms with Crippen LogP contribution in [0.2, 0.25) is 0 Å². The van der Waals surface area contributed by atoms with E-state index in [-0.39, 0.29) is 0 Å². The van der Waals surface area contributed by atoms with Crippen LogP contribution in [0.4, 0.5) is 5.69 Å². The normalized spacial score (nSPS) is 10.3. The Labute approximate surface area is 139 Å². The Balaban J connectivity index is 1.82. The molecular weight excluding hydrogens is 302 g/mol. The van der Waals surface area contributed by atoms with Crippen LogP contribution in [-0.2, 0) is 13.0 Å². The fourth-order valence-corrected chi connectivity index (χ4v) is 2.34. The summed E-state index contributed by atoms with van der Waals surface area (Å²) in [4.78, 5) is 24.2. The minimum absolute atomic E-state index is 0.369. The zero-order valence-corrected chi connectivity index (χ0v) is 13.0. The molecule has 1 amide bonds. The second kappa shape index (κ2) is 7.32. The summed E-state index contributed by atoms with van der Waals surface area (Å²) in [6, 6.07) is 11.8. The maximum atomic E-state index is 11.6. The SMILES string of the molecule is NC(=O)c1cnc(Cc2cnccn2)cc1NCc1ccccc1. The molecule has 2 heterocycles. The van der Waals surface area contributed by atoms with E-state index in [0.29, 0.717) is 24.2 Å². The van der Waals surface area contributed by atoms with Gasteiger partial charge in [0.1, 0.15) is 0 Å². The first kappa shape index (κ1) is 15.6. The lowest BCUT2D eigenvalue weighted by molar-refractivity contribution is 0.100. The predicted octanol–water partition coefficient (Wildman–Crippen LogP) is 2.17. The maximum absolute atomic E-state index is 11.6. The molecule has 3 aromatic rings. The highest BCUT2D eigenvalue weighted by atomic mass is 16.1. The minimum Gasteiger partial charge on any atom is -0.380 e. The van der Waals surface area contributed by atoms with Crippen molar-refractivity contribution < 1.29 is 4.79 Å². The number of nitrogens with one attached hydrogen (secondary N) is 1. The third-order valence-corrected chi connectivity index (χ3v) is 3.53. The highest BCUT2D eigenvalue weighted by Gasteiger charge is 2.11. The summed E-state index contributed by atoms with van der Waals surface area (Å²) in [5.41, 5.74) is 9.19. The Kier molecular flexibility index (Phi) is 4.76. The lowest BCUT2D eigenvalue weighted by atomic mass is 10.1. The minimum atomic E-state index is -0.510. The fourth-order valence-electron chi connectivity index (χ4n) is 2.34. The van der Waals surface area contributed by atoms with Gasteiger partial charge in [-0.1, -0.05) is 30.3 Å². The molecule has 0 saturated carbocycles. The molecule has 1 aromatic carbocycles. The molecule has 6 heteroatoms. The summed E-state index contributed by atoms with van der Waals surface area (Å²) in [6.45, 7) is 0.593. The average molecular weight is 319 g/mol. The Hall–Kier alpha value is -3.28. The van der Waals surface area contributed by atoms with E-state index in [2.05, 4.69) is 20.3 Å². The summed E-state index contributed by atoms with van der Waals surface area (Å²) >= 11 is 0. The Morgan fingerprint density at radius 1 is 1.04 bits per heavy atom.